The van der Waals surface area contributed by atoms with Crippen LogP contribution in [0.2, 0.25) is 0 Å². The van der Waals surface area contributed by atoms with Crippen molar-refractivity contribution in [1.82, 2.24) is 4.90 Å². The van der Waals surface area contributed by atoms with Crippen LogP contribution in [0.15, 0.2) is 23.3 Å². The molecule has 0 aliphatic rings. The van der Waals surface area contributed by atoms with E-state index in [1.807, 2.05) is 26.2 Å². The van der Waals surface area contributed by atoms with Crippen LogP contribution < -0.4 is 11.2 Å². The fourth-order valence-electron chi connectivity index (χ4n) is 1.09. The first kappa shape index (κ1) is 11.4. The summed E-state index contributed by atoms with van der Waals surface area (Å²) in [7, 11) is 3.70. The molecular weight excluding hydrogens is 188 g/mol. The van der Waals surface area contributed by atoms with Crippen LogP contribution in [0.3, 0.4) is 0 Å². The maximum atomic E-state index is 5.67. The molecule has 3 N–H and O–H groups in total. The highest BCUT2D eigenvalue weighted by molar-refractivity contribution is 5.78. The number of nitrogens with one attached hydrogen (secondary N) is 1. The number of anilines is 1. The molecule has 0 unspecified atom stereocenters. The summed E-state index contributed by atoms with van der Waals surface area (Å²) in [4.78, 5) is 1.75. The zero-order chi connectivity index (χ0) is 11.4. The lowest BCUT2D eigenvalue weighted by atomic mass is 10.1. The Bertz CT molecular complexity index is 369. The Balaban J connectivity index is 2.82. The Kier molecular flexibility index (Phi) is 3.55. The van der Waals surface area contributed by atoms with Crippen molar-refractivity contribution in [2.75, 3.05) is 19.5 Å². The van der Waals surface area contributed by atoms with E-state index in [2.05, 4.69) is 30.4 Å². The Hall–Kier alpha value is -1.71. The maximum absolute atomic E-state index is 5.67. The van der Waals surface area contributed by atoms with Crippen molar-refractivity contribution < 1.29 is 0 Å². The molecule has 0 fully saturated rings. The van der Waals surface area contributed by atoms with Crippen molar-refractivity contribution in [3.05, 3.63) is 29.3 Å². The van der Waals surface area contributed by atoms with Gasteiger partial charge in [-0.3, -0.25) is 5.43 Å². The van der Waals surface area contributed by atoms with Crippen molar-refractivity contribution in [1.29, 1.82) is 0 Å². The maximum Gasteiger partial charge on any atom is 0.213 e. The van der Waals surface area contributed by atoms with Gasteiger partial charge >= 0.3 is 0 Å². The van der Waals surface area contributed by atoms with Gasteiger partial charge in [0.15, 0.2) is 0 Å². The third-order valence-electron chi connectivity index (χ3n) is 2.35. The lowest BCUT2D eigenvalue weighted by Crippen LogP contribution is -2.31. The predicted molar refractivity (Wildman–Crippen MR) is 64.8 cm³/mol. The minimum atomic E-state index is 0.455. The molecule has 0 spiro atoms. The lowest BCUT2D eigenvalue weighted by molar-refractivity contribution is 0.613. The number of hydrogen-bond donors (Lipinski definition) is 2. The van der Waals surface area contributed by atoms with Gasteiger partial charge in [-0.2, -0.15) is 0 Å². The van der Waals surface area contributed by atoms with Crippen molar-refractivity contribution in [3.8, 4) is 0 Å². The summed E-state index contributed by atoms with van der Waals surface area (Å²) in [5.41, 5.74) is 12.0. The highest BCUT2D eigenvalue weighted by Crippen LogP contribution is 2.17. The lowest BCUT2D eigenvalue weighted by Gasteiger charge is -2.12. The summed E-state index contributed by atoms with van der Waals surface area (Å²) in [6.45, 7) is 4.12. The second-order valence-electron chi connectivity index (χ2n) is 3.72. The smallest absolute Gasteiger partial charge is 0.213 e. The minimum Gasteiger partial charge on any atom is -0.368 e. The van der Waals surface area contributed by atoms with E-state index in [0.717, 1.165) is 5.69 Å². The summed E-state index contributed by atoms with van der Waals surface area (Å²) in [5, 5.41) is 4.07. The first-order chi connectivity index (χ1) is 7.02. The zero-order valence-corrected chi connectivity index (χ0v) is 9.70. The molecule has 0 saturated heterocycles. The SMILES string of the molecule is Cc1cccc(N/N=C(\N)N(C)C)c1C. The van der Waals surface area contributed by atoms with E-state index in [-0.39, 0.29) is 0 Å². The largest absolute Gasteiger partial charge is 0.368 e. The van der Waals surface area contributed by atoms with Crippen LogP contribution in [0.1, 0.15) is 11.1 Å². The first-order valence-electron chi connectivity index (χ1n) is 4.85. The molecule has 1 rings (SSSR count). The molecule has 0 heterocycles. The minimum absolute atomic E-state index is 0.455. The topological polar surface area (TPSA) is 53.6 Å². The second-order valence-corrected chi connectivity index (χ2v) is 3.72. The second kappa shape index (κ2) is 4.68. The van der Waals surface area contributed by atoms with Crippen LogP contribution in [-0.2, 0) is 0 Å². The summed E-state index contributed by atoms with van der Waals surface area (Å²) < 4.78 is 0. The van der Waals surface area contributed by atoms with Crippen molar-refractivity contribution >= 4 is 11.6 Å². The fourth-order valence-corrected chi connectivity index (χ4v) is 1.09. The van der Waals surface area contributed by atoms with E-state index >= 15 is 0 Å². The Morgan fingerprint density at radius 1 is 1.33 bits per heavy atom. The summed E-state index contributed by atoms with van der Waals surface area (Å²) in [5.74, 6) is 0.455. The molecule has 0 aliphatic carbocycles. The van der Waals surface area contributed by atoms with E-state index in [9.17, 15) is 0 Å². The molecule has 1 aromatic carbocycles. The van der Waals surface area contributed by atoms with Crippen LogP contribution in [-0.4, -0.2) is 25.0 Å². The molecule has 15 heavy (non-hydrogen) atoms. The number of guanidine groups is 1. The van der Waals surface area contributed by atoms with Gasteiger partial charge in [-0.25, -0.2) is 0 Å². The van der Waals surface area contributed by atoms with E-state index < -0.39 is 0 Å². The molecule has 0 aromatic heterocycles. The van der Waals surface area contributed by atoms with E-state index in [4.69, 9.17) is 5.73 Å². The quantitative estimate of drug-likeness (QED) is 0.438. The van der Waals surface area contributed by atoms with E-state index in [0.29, 0.717) is 5.96 Å². The third kappa shape index (κ3) is 2.87. The number of hydrazone groups is 1. The first-order valence-corrected chi connectivity index (χ1v) is 4.85. The van der Waals surface area contributed by atoms with Gasteiger partial charge in [0.2, 0.25) is 5.96 Å². The molecule has 0 saturated carbocycles. The standard InChI is InChI=1S/C11H18N4/c1-8-6-5-7-10(9(8)2)13-14-11(12)15(3)4/h5-7,13H,1-4H3,(H2,12,14). The summed E-state index contributed by atoms with van der Waals surface area (Å²) >= 11 is 0. The molecule has 82 valence electrons. The molecule has 1 aromatic rings. The molecule has 0 amide bonds. The van der Waals surface area contributed by atoms with Gasteiger partial charge in [0.25, 0.3) is 0 Å². The number of hydrogen-bond acceptors (Lipinski definition) is 2. The highest BCUT2D eigenvalue weighted by atomic mass is 15.4. The van der Waals surface area contributed by atoms with Gasteiger partial charge in [0.05, 0.1) is 5.69 Å². The average Bonchev–Trinajstić information content (AvgIpc) is 2.19. The van der Waals surface area contributed by atoms with Gasteiger partial charge in [0.1, 0.15) is 0 Å². The zero-order valence-electron chi connectivity index (χ0n) is 9.70. The molecule has 0 bridgehead atoms. The monoisotopic (exact) mass is 206 g/mol. The van der Waals surface area contributed by atoms with Crippen LogP contribution in [0.25, 0.3) is 0 Å². The van der Waals surface area contributed by atoms with Crippen LogP contribution >= 0.6 is 0 Å². The molecule has 0 atom stereocenters. The number of aryl methyl sites for hydroxylation is 1. The molecule has 0 aliphatic heterocycles. The van der Waals surface area contributed by atoms with Crippen LogP contribution in [0.4, 0.5) is 5.69 Å². The fraction of sp³-hybridized carbons (Fsp3) is 0.364. The van der Waals surface area contributed by atoms with Crippen molar-refractivity contribution in [2.24, 2.45) is 10.8 Å². The third-order valence-corrected chi connectivity index (χ3v) is 2.35. The van der Waals surface area contributed by atoms with Gasteiger partial charge in [0, 0.05) is 14.1 Å². The number of nitrogens with zero attached hydrogens (tertiary/aromatic N) is 2. The average molecular weight is 206 g/mol. The van der Waals surface area contributed by atoms with Crippen molar-refractivity contribution in [3.63, 3.8) is 0 Å². The molecule has 4 nitrogen and oxygen atoms in total. The normalized spacial score (nSPS) is 11.3. The van der Waals surface area contributed by atoms with Crippen LogP contribution in [0, 0.1) is 13.8 Å². The Morgan fingerprint density at radius 3 is 2.60 bits per heavy atom. The van der Waals surface area contributed by atoms with E-state index in [1.165, 1.54) is 11.1 Å². The van der Waals surface area contributed by atoms with Gasteiger partial charge in [-0.1, -0.05) is 12.1 Å². The van der Waals surface area contributed by atoms with Crippen molar-refractivity contribution in [2.45, 2.75) is 13.8 Å². The summed E-state index contributed by atoms with van der Waals surface area (Å²) in [6.07, 6.45) is 0. The molecule has 4 heteroatoms. The number of nitrogens with two attached hydrogens (primary N) is 1. The molecule has 0 radical (unpaired) electrons. The van der Waals surface area contributed by atoms with E-state index in [1.54, 1.807) is 4.90 Å². The summed E-state index contributed by atoms with van der Waals surface area (Å²) in [6, 6.07) is 6.04. The van der Waals surface area contributed by atoms with Gasteiger partial charge in [-0.05, 0) is 31.0 Å². The van der Waals surface area contributed by atoms with Crippen LogP contribution in [0.5, 0.6) is 0 Å². The Labute approximate surface area is 90.8 Å². The highest BCUT2D eigenvalue weighted by Gasteiger charge is 1.99. The van der Waals surface area contributed by atoms with Gasteiger partial charge < -0.3 is 10.6 Å². The predicted octanol–water partition coefficient (Wildman–Crippen LogP) is 1.51. The Morgan fingerprint density at radius 2 is 2.00 bits per heavy atom. The number of rotatable bonds is 2. The number of benzene rings is 1. The molecular formula is C11H18N4. The van der Waals surface area contributed by atoms with Gasteiger partial charge in [-0.15, -0.1) is 5.10 Å².